The first-order valence-electron chi connectivity index (χ1n) is 7.81. The van der Waals surface area contributed by atoms with Gasteiger partial charge in [-0.25, -0.2) is 0 Å². The molecule has 2 nitrogen and oxygen atoms in total. The van der Waals surface area contributed by atoms with E-state index >= 15 is 0 Å². The Bertz CT molecular complexity index is 665. The fraction of sp³-hybridized carbons (Fsp3) is 0.389. The molecule has 1 atom stereocenters. The zero-order valence-corrected chi connectivity index (χ0v) is 12.8. The fourth-order valence-corrected chi connectivity index (χ4v) is 4.70. The van der Waals surface area contributed by atoms with Gasteiger partial charge in [-0.3, -0.25) is 4.79 Å². The van der Waals surface area contributed by atoms with Crippen LogP contribution in [0.5, 0.6) is 0 Å². The number of amides is 1. The number of nitrogens with one attached hydrogen (secondary N) is 1. The molecule has 2 aliphatic rings. The number of hydrogen-bond donors (Lipinski definition) is 1. The summed E-state index contributed by atoms with van der Waals surface area (Å²) < 4.78 is 0. The fourth-order valence-electron chi connectivity index (χ4n) is 3.54. The van der Waals surface area contributed by atoms with Crippen molar-refractivity contribution in [3.8, 4) is 0 Å². The van der Waals surface area contributed by atoms with Gasteiger partial charge in [0.1, 0.15) is 0 Å². The number of hydrogen-bond acceptors (Lipinski definition) is 2. The summed E-state index contributed by atoms with van der Waals surface area (Å²) >= 11 is 1.70. The molecule has 1 N–H and O–H groups in total. The second kappa shape index (κ2) is 5.30. The number of fused-ring (bicyclic) bond motifs is 2. The van der Waals surface area contributed by atoms with Crippen LogP contribution in [-0.2, 0) is 19.3 Å². The highest BCUT2D eigenvalue weighted by atomic mass is 32.1. The molecule has 0 spiro atoms. The quantitative estimate of drug-likeness (QED) is 0.890. The van der Waals surface area contributed by atoms with Crippen LogP contribution in [0.25, 0.3) is 0 Å². The van der Waals surface area contributed by atoms with Crippen LogP contribution in [0.15, 0.2) is 30.3 Å². The predicted octanol–water partition coefficient (Wildman–Crippen LogP) is 4.04. The monoisotopic (exact) mass is 297 g/mol. The molecular weight excluding hydrogens is 278 g/mol. The molecule has 1 amide bonds. The Morgan fingerprint density at radius 2 is 1.95 bits per heavy atom. The van der Waals surface area contributed by atoms with E-state index in [4.69, 9.17) is 0 Å². The molecule has 108 valence electrons. The first-order chi connectivity index (χ1) is 10.3. The van der Waals surface area contributed by atoms with Gasteiger partial charge in [-0.05, 0) is 61.3 Å². The molecule has 3 heteroatoms. The van der Waals surface area contributed by atoms with Gasteiger partial charge < -0.3 is 5.32 Å². The van der Waals surface area contributed by atoms with E-state index in [9.17, 15) is 4.79 Å². The van der Waals surface area contributed by atoms with Crippen molar-refractivity contribution in [2.24, 2.45) is 0 Å². The topological polar surface area (TPSA) is 29.1 Å². The maximum Gasteiger partial charge on any atom is 0.261 e. The Kier molecular flexibility index (Phi) is 3.30. The molecule has 0 saturated heterocycles. The van der Waals surface area contributed by atoms with E-state index in [-0.39, 0.29) is 11.9 Å². The Balaban J connectivity index is 1.53. The number of thiophene rings is 1. The summed E-state index contributed by atoms with van der Waals surface area (Å²) in [5.74, 6) is 0.108. The van der Waals surface area contributed by atoms with Gasteiger partial charge in [-0.1, -0.05) is 24.3 Å². The van der Waals surface area contributed by atoms with Crippen LogP contribution in [0.2, 0.25) is 0 Å². The van der Waals surface area contributed by atoms with E-state index in [1.54, 1.807) is 11.3 Å². The normalized spacial score (nSPS) is 19.9. The summed E-state index contributed by atoms with van der Waals surface area (Å²) in [4.78, 5) is 14.9. The average Bonchev–Trinajstić information content (AvgIpc) is 3.11. The summed E-state index contributed by atoms with van der Waals surface area (Å²) in [5, 5.41) is 3.23. The molecule has 2 aromatic rings. The highest BCUT2D eigenvalue weighted by Crippen LogP contribution is 2.33. The number of benzene rings is 1. The lowest BCUT2D eigenvalue weighted by atomic mass is 9.99. The van der Waals surface area contributed by atoms with E-state index in [1.165, 1.54) is 34.4 Å². The molecule has 0 fully saturated rings. The van der Waals surface area contributed by atoms with Crippen LogP contribution < -0.4 is 5.32 Å². The third-order valence-corrected chi connectivity index (χ3v) is 5.89. The second-order valence-electron chi connectivity index (χ2n) is 6.03. The molecular formula is C18H19NOS. The maximum absolute atomic E-state index is 12.5. The molecule has 0 radical (unpaired) electrons. The predicted molar refractivity (Wildman–Crippen MR) is 85.9 cm³/mol. The molecule has 0 unspecified atom stereocenters. The first kappa shape index (κ1) is 13.1. The molecule has 0 saturated carbocycles. The lowest BCUT2D eigenvalue weighted by Crippen LogP contribution is -2.26. The molecule has 0 aliphatic heterocycles. The number of aryl methyl sites for hydroxylation is 3. The number of rotatable bonds is 2. The van der Waals surface area contributed by atoms with E-state index < -0.39 is 0 Å². The second-order valence-corrected chi connectivity index (χ2v) is 7.17. The molecule has 1 heterocycles. The first-order valence-corrected chi connectivity index (χ1v) is 8.63. The smallest absolute Gasteiger partial charge is 0.261 e. The van der Waals surface area contributed by atoms with Crippen LogP contribution in [0, 0.1) is 0 Å². The van der Waals surface area contributed by atoms with Gasteiger partial charge in [0.25, 0.3) is 5.91 Å². The van der Waals surface area contributed by atoms with E-state index in [0.717, 1.165) is 30.6 Å². The molecule has 4 rings (SSSR count). The Morgan fingerprint density at radius 3 is 2.86 bits per heavy atom. The maximum atomic E-state index is 12.5. The zero-order valence-electron chi connectivity index (χ0n) is 12.0. The summed E-state index contributed by atoms with van der Waals surface area (Å²) in [6.07, 6.45) is 6.93. The summed E-state index contributed by atoms with van der Waals surface area (Å²) in [5.41, 5.74) is 4.09. The summed E-state index contributed by atoms with van der Waals surface area (Å²) in [6, 6.07) is 10.8. The molecule has 2 aliphatic carbocycles. The van der Waals surface area contributed by atoms with Crippen molar-refractivity contribution in [1.29, 1.82) is 0 Å². The van der Waals surface area contributed by atoms with E-state index in [1.807, 2.05) is 0 Å². The van der Waals surface area contributed by atoms with Gasteiger partial charge in [0.05, 0.1) is 10.9 Å². The van der Waals surface area contributed by atoms with Crippen molar-refractivity contribution in [3.63, 3.8) is 0 Å². The van der Waals surface area contributed by atoms with Gasteiger partial charge in [-0.2, -0.15) is 0 Å². The van der Waals surface area contributed by atoms with Gasteiger partial charge in [-0.15, -0.1) is 11.3 Å². The van der Waals surface area contributed by atoms with Gasteiger partial charge >= 0.3 is 0 Å². The molecule has 1 aromatic heterocycles. The van der Waals surface area contributed by atoms with Crippen LogP contribution >= 0.6 is 11.3 Å². The van der Waals surface area contributed by atoms with Crippen molar-refractivity contribution in [2.45, 2.75) is 44.6 Å². The average molecular weight is 297 g/mol. The number of carbonyl (C=O) groups is 1. The summed E-state index contributed by atoms with van der Waals surface area (Å²) in [7, 11) is 0. The SMILES string of the molecule is O=C(N[C@H]1CCc2ccccc21)c1cc2c(s1)CCCC2. The Hall–Kier alpha value is -1.61. The highest BCUT2D eigenvalue weighted by Gasteiger charge is 2.25. The summed E-state index contributed by atoms with van der Waals surface area (Å²) in [6.45, 7) is 0. The van der Waals surface area contributed by atoms with Gasteiger partial charge in [0.15, 0.2) is 0 Å². The van der Waals surface area contributed by atoms with E-state index in [0.29, 0.717) is 0 Å². The van der Waals surface area contributed by atoms with Crippen molar-refractivity contribution < 1.29 is 4.79 Å². The van der Waals surface area contributed by atoms with Crippen LogP contribution in [0.1, 0.15) is 56.5 Å². The Morgan fingerprint density at radius 1 is 1.10 bits per heavy atom. The van der Waals surface area contributed by atoms with Crippen molar-refractivity contribution in [3.05, 3.63) is 56.8 Å². The zero-order chi connectivity index (χ0) is 14.2. The molecule has 0 bridgehead atoms. The van der Waals surface area contributed by atoms with Crippen LogP contribution in [0.3, 0.4) is 0 Å². The minimum Gasteiger partial charge on any atom is -0.345 e. The Labute approximate surface area is 129 Å². The lowest BCUT2D eigenvalue weighted by Gasteiger charge is -2.13. The van der Waals surface area contributed by atoms with Crippen LogP contribution in [0.4, 0.5) is 0 Å². The van der Waals surface area contributed by atoms with Crippen LogP contribution in [-0.4, -0.2) is 5.91 Å². The number of carbonyl (C=O) groups excluding carboxylic acids is 1. The molecule has 21 heavy (non-hydrogen) atoms. The highest BCUT2D eigenvalue weighted by molar-refractivity contribution is 7.14. The van der Waals surface area contributed by atoms with Crippen molar-refractivity contribution >= 4 is 17.2 Å². The van der Waals surface area contributed by atoms with Crippen molar-refractivity contribution in [2.75, 3.05) is 0 Å². The molecule has 1 aromatic carbocycles. The lowest BCUT2D eigenvalue weighted by molar-refractivity contribution is 0.0941. The van der Waals surface area contributed by atoms with E-state index in [2.05, 4.69) is 35.6 Å². The third kappa shape index (κ3) is 2.40. The van der Waals surface area contributed by atoms with Crippen molar-refractivity contribution in [1.82, 2.24) is 5.32 Å². The largest absolute Gasteiger partial charge is 0.345 e. The van der Waals surface area contributed by atoms with Gasteiger partial charge in [0.2, 0.25) is 0 Å². The minimum atomic E-state index is 0.108. The minimum absolute atomic E-state index is 0.108. The third-order valence-electron chi connectivity index (χ3n) is 4.66. The standard InChI is InChI=1S/C18H19NOS/c20-18(17-11-13-6-2-4-8-16(13)21-17)19-15-10-9-12-5-1-3-7-14(12)15/h1,3,5,7,11,15H,2,4,6,8-10H2,(H,19,20)/t15-/m0/s1. The van der Waals surface area contributed by atoms with Gasteiger partial charge in [0, 0.05) is 4.88 Å².